The predicted molar refractivity (Wildman–Crippen MR) is 23.6 cm³/mol. The largest absolute Gasteiger partial charge is 0.271 e. The second-order valence-corrected chi connectivity index (χ2v) is 5.85. The first-order chi connectivity index (χ1) is 2.89. The maximum Gasteiger partial charge on any atom is 0.271 e. The summed E-state index contributed by atoms with van der Waals surface area (Å²) in [4.78, 5) is 0. The van der Waals surface area contributed by atoms with E-state index in [-0.39, 0.29) is 0 Å². The summed E-state index contributed by atoms with van der Waals surface area (Å²) in [6.07, 6.45) is 3.07. The Bertz CT molecular complexity index is 37.2. The molecule has 0 aliphatic carbocycles. The fraction of sp³-hybridized carbons (Fsp3) is 1.00. The molecule has 0 radical (unpaired) electrons. The van der Waals surface area contributed by atoms with Crippen LogP contribution in [-0.2, 0) is 0 Å². The van der Waals surface area contributed by atoms with Crippen LogP contribution >= 0.6 is 0 Å². The van der Waals surface area contributed by atoms with Gasteiger partial charge in [-0.05, 0) is 19.8 Å². The summed E-state index contributed by atoms with van der Waals surface area (Å²) in [6.45, 7) is 2.39. The number of hydrogen-bond acceptors (Lipinski definition) is 0. The van der Waals surface area contributed by atoms with Crippen LogP contribution in [0.25, 0.3) is 0 Å². The van der Waals surface area contributed by atoms with Gasteiger partial charge in [0.1, 0.15) is 4.43 Å². The van der Waals surface area contributed by atoms with E-state index in [2.05, 4.69) is 6.92 Å². The Balaban J connectivity index is 2.18. The van der Waals surface area contributed by atoms with E-state index in [9.17, 15) is 0 Å². The second kappa shape index (κ2) is 2.15. The van der Waals surface area contributed by atoms with Crippen molar-refractivity contribution in [2.45, 2.75) is 23.7 Å². The predicted octanol–water partition coefficient (Wildman–Crippen LogP) is -1.74. The molecule has 0 bridgehead atoms. The molecule has 1 heterocycles. The molecule has 1 atom stereocenters. The van der Waals surface area contributed by atoms with Gasteiger partial charge in [-0.15, -0.1) is 0 Å². The van der Waals surface area contributed by atoms with Gasteiger partial charge in [0.05, 0.1) is 0 Å². The van der Waals surface area contributed by atoms with E-state index >= 15 is 0 Å². The Morgan fingerprint density at radius 1 is 1.67 bits per heavy atom. The van der Waals surface area contributed by atoms with E-state index in [1.165, 1.54) is 12.8 Å². The van der Waals surface area contributed by atoms with Crippen LogP contribution in [0.3, 0.4) is 0 Å². The maximum absolute atomic E-state index is 2.39. The fourth-order valence-electron chi connectivity index (χ4n) is 0.699. The zero-order chi connectivity index (χ0) is 4.41. The number of alkyl halides is 2. The quantitative estimate of drug-likeness (QED) is 0.319. The number of rotatable bonds is 0. The van der Waals surface area contributed by atoms with Gasteiger partial charge >= 0.3 is 0 Å². The molecule has 36 valence electrons. The highest BCUT2D eigenvalue weighted by Gasteiger charge is 2.23. The SMILES string of the molecule is CC1CCC[I+]1. The van der Waals surface area contributed by atoms with Gasteiger partial charge < -0.3 is 0 Å². The van der Waals surface area contributed by atoms with Crippen molar-refractivity contribution in [3.63, 3.8) is 0 Å². The second-order valence-electron chi connectivity index (χ2n) is 1.77. The third-order valence-electron chi connectivity index (χ3n) is 1.11. The molecule has 1 aliphatic rings. The van der Waals surface area contributed by atoms with Crippen LogP contribution < -0.4 is 21.2 Å². The van der Waals surface area contributed by atoms with Crippen LogP contribution in [0.1, 0.15) is 19.8 Å². The first-order valence-electron chi connectivity index (χ1n) is 2.47. The third kappa shape index (κ3) is 1.10. The minimum Gasteiger partial charge on any atom is -0.0180 e. The lowest BCUT2D eigenvalue weighted by molar-refractivity contribution is -0.666. The third-order valence-corrected chi connectivity index (χ3v) is 4.62. The van der Waals surface area contributed by atoms with Crippen LogP contribution in [0.5, 0.6) is 0 Å². The molecule has 0 amide bonds. The number of hydrogen-bond donors (Lipinski definition) is 0. The Kier molecular flexibility index (Phi) is 1.74. The molecule has 0 aromatic heterocycles. The van der Waals surface area contributed by atoms with Crippen molar-refractivity contribution in [3.05, 3.63) is 0 Å². The van der Waals surface area contributed by atoms with Crippen molar-refractivity contribution in [3.8, 4) is 0 Å². The van der Waals surface area contributed by atoms with E-state index in [1.54, 1.807) is 4.43 Å². The lowest BCUT2D eigenvalue weighted by Crippen LogP contribution is -3.64. The van der Waals surface area contributed by atoms with Crippen LogP contribution in [0, 0.1) is 0 Å². The molecule has 0 spiro atoms. The Morgan fingerprint density at radius 3 is 2.67 bits per heavy atom. The van der Waals surface area contributed by atoms with Gasteiger partial charge in [0.15, 0.2) is 3.92 Å². The summed E-state index contributed by atoms with van der Waals surface area (Å²) in [5.41, 5.74) is 0. The molecule has 6 heavy (non-hydrogen) atoms. The smallest absolute Gasteiger partial charge is 0.0180 e. The molecule has 1 heteroatoms. The highest BCUT2D eigenvalue weighted by molar-refractivity contribution is 4.50. The normalized spacial score (nSPS) is 34.5. The summed E-state index contributed by atoms with van der Waals surface area (Å²) in [5.74, 6) is 0. The van der Waals surface area contributed by atoms with Gasteiger partial charge in [0.2, 0.25) is 0 Å². The van der Waals surface area contributed by atoms with Crippen molar-refractivity contribution in [1.29, 1.82) is 0 Å². The molecule has 0 saturated carbocycles. The zero-order valence-electron chi connectivity index (χ0n) is 4.08. The molecule has 1 unspecified atom stereocenters. The maximum atomic E-state index is 2.39. The van der Waals surface area contributed by atoms with Crippen LogP contribution in [0.4, 0.5) is 0 Å². The summed E-state index contributed by atoms with van der Waals surface area (Å²) in [6, 6.07) is 0. The van der Waals surface area contributed by atoms with E-state index < -0.39 is 0 Å². The summed E-state index contributed by atoms with van der Waals surface area (Å²) >= 11 is 0.679. The zero-order valence-corrected chi connectivity index (χ0v) is 6.23. The monoisotopic (exact) mass is 197 g/mol. The lowest BCUT2D eigenvalue weighted by Gasteiger charge is -1.76. The topological polar surface area (TPSA) is 0 Å². The van der Waals surface area contributed by atoms with Crippen LogP contribution in [0.2, 0.25) is 0 Å². The average molecular weight is 197 g/mol. The molecule has 1 aliphatic heterocycles. The van der Waals surface area contributed by atoms with E-state index in [0.717, 1.165) is 3.92 Å². The first-order valence-corrected chi connectivity index (χ1v) is 5.24. The minimum atomic E-state index is 0.679. The first kappa shape index (κ1) is 4.88. The summed E-state index contributed by atoms with van der Waals surface area (Å²) in [7, 11) is 0. The van der Waals surface area contributed by atoms with Gasteiger partial charge in [0, 0.05) is 0 Å². The molecule has 0 aromatic carbocycles. The Morgan fingerprint density at radius 2 is 2.50 bits per heavy atom. The van der Waals surface area contributed by atoms with Crippen molar-refractivity contribution in [1.82, 2.24) is 0 Å². The Hall–Kier alpha value is 0.730. The van der Waals surface area contributed by atoms with Gasteiger partial charge in [0.25, 0.3) is 21.2 Å². The highest BCUT2D eigenvalue weighted by atomic mass is 127. The van der Waals surface area contributed by atoms with Crippen molar-refractivity contribution in [2.24, 2.45) is 0 Å². The molecule has 0 aromatic rings. The van der Waals surface area contributed by atoms with E-state index in [4.69, 9.17) is 0 Å². The number of halogens is 1. The molecular weight excluding hydrogens is 187 g/mol. The van der Waals surface area contributed by atoms with Gasteiger partial charge in [-0.2, -0.15) is 0 Å². The molecule has 1 rings (SSSR count). The van der Waals surface area contributed by atoms with Gasteiger partial charge in [-0.25, -0.2) is 0 Å². The van der Waals surface area contributed by atoms with Crippen LogP contribution in [-0.4, -0.2) is 8.35 Å². The standard InChI is InChI=1S/C5H10I/c1-5-3-2-4-6-5/h5H,2-4H2,1H3/q+1. The van der Waals surface area contributed by atoms with E-state index in [0.29, 0.717) is 21.2 Å². The molecule has 1 saturated heterocycles. The molecular formula is C5H10I+. The fourth-order valence-corrected chi connectivity index (χ4v) is 3.52. The van der Waals surface area contributed by atoms with E-state index in [1.807, 2.05) is 0 Å². The van der Waals surface area contributed by atoms with Crippen molar-refractivity contribution in [2.75, 3.05) is 4.43 Å². The molecule has 1 fully saturated rings. The summed E-state index contributed by atoms with van der Waals surface area (Å²) < 4.78 is 2.75. The Labute approximate surface area is 49.6 Å². The summed E-state index contributed by atoms with van der Waals surface area (Å²) in [5, 5.41) is 0. The average Bonchev–Trinajstić information content (AvgIpc) is 1.86. The lowest BCUT2D eigenvalue weighted by atomic mass is 10.3. The minimum absolute atomic E-state index is 0.679. The van der Waals surface area contributed by atoms with Gasteiger partial charge in [-0.3, -0.25) is 0 Å². The van der Waals surface area contributed by atoms with Crippen molar-refractivity contribution < 1.29 is 21.2 Å². The molecule has 0 N–H and O–H groups in total. The highest BCUT2D eigenvalue weighted by Crippen LogP contribution is 1.89. The van der Waals surface area contributed by atoms with Crippen LogP contribution in [0.15, 0.2) is 0 Å². The van der Waals surface area contributed by atoms with Crippen molar-refractivity contribution >= 4 is 0 Å². The molecule has 0 nitrogen and oxygen atoms in total. The van der Waals surface area contributed by atoms with Gasteiger partial charge in [-0.1, -0.05) is 0 Å².